The zero-order chi connectivity index (χ0) is 13.5. The van der Waals surface area contributed by atoms with E-state index < -0.39 is 6.43 Å². The van der Waals surface area contributed by atoms with Gasteiger partial charge in [0.15, 0.2) is 0 Å². The molecule has 1 fully saturated rings. The lowest BCUT2D eigenvalue weighted by Crippen LogP contribution is -2.07. The first-order chi connectivity index (χ1) is 9.25. The second-order valence-electron chi connectivity index (χ2n) is 4.97. The molecule has 1 saturated carbocycles. The Morgan fingerprint density at radius 2 is 2.05 bits per heavy atom. The molecular formula is C15H19F2NO. The van der Waals surface area contributed by atoms with Crippen molar-refractivity contribution in [3.05, 3.63) is 35.4 Å². The van der Waals surface area contributed by atoms with Crippen LogP contribution >= 0.6 is 0 Å². The Morgan fingerprint density at radius 1 is 1.26 bits per heavy atom. The van der Waals surface area contributed by atoms with Gasteiger partial charge in [-0.05, 0) is 30.4 Å². The summed E-state index contributed by atoms with van der Waals surface area (Å²) in [5.41, 5.74) is 0.746. The Balaban J connectivity index is 1.78. The fourth-order valence-electron chi connectivity index (χ4n) is 2.34. The molecule has 0 atom stereocenters. The Labute approximate surface area is 112 Å². The van der Waals surface area contributed by atoms with Crippen molar-refractivity contribution in [2.75, 3.05) is 0 Å². The molecule has 0 unspecified atom stereocenters. The second kappa shape index (κ2) is 7.22. The molecule has 0 N–H and O–H groups in total. The van der Waals surface area contributed by atoms with E-state index in [0.717, 1.165) is 5.56 Å². The van der Waals surface area contributed by atoms with Crippen LogP contribution in [0.25, 0.3) is 0 Å². The van der Waals surface area contributed by atoms with Crippen LogP contribution in [0, 0.1) is 5.92 Å². The standard InChI is InChI=1S/C15H19F2NO/c16-15(17)14-8-4-7-13(9-14)11-19-18-10-12-5-2-1-3-6-12/h4,7-10,12,15H,1-3,5-6,11H2. The fourth-order valence-corrected chi connectivity index (χ4v) is 2.34. The molecule has 0 bridgehead atoms. The molecule has 1 aromatic carbocycles. The third kappa shape index (κ3) is 4.62. The van der Waals surface area contributed by atoms with Crippen LogP contribution < -0.4 is 0 Å². The number of benzene rings is 1. The average Bonchev–Trinajstić information content (AvgIpc) is 2.45. The van der Waals surface area contributed by atoms with Crippen molar-refractivity contribution >= 4 is 6.21 Å². The molecule has 2 nitrogen and oxygen atoms in total. The Hall–Kier alpha value is -1.45. The van der Waals surface area contributed by atoms with Gasteiger partial charge in [-0.2, -0.15) is 0 Å². The van der Waals surface area contributed by atoms with Crippen molar-refractivity contribution in [3.63, 3.8) is 0 Å². The van der Waals surface area contributed by atoms with Gasteiger partial charge in [-0.3, -0.25) is 0 Å². The smallest absolute Gasteiger partial charge is 0.263 e. The maximum absolute atomic E-state index is 12.5. The number of rotatable bonds is 5. The van der Waals surface area contributed by atoms with Crippen LogP contribution in [0.15, 0.2) is 29.4 Å². The number of halogens is 2. The summed E-state index contributed by atoms with van der Waals surface area (Å²) in [5.74, 6) is 0.515. The molecular weight excluding hydrogens is 248 g/mol. The monoisotopic (exact) mass is 267 g/mol. The van der Waals surface area contributed by atoms with E-state index in [1.54, 1.807) is 12.1 Å². The summed E-state index contributed by atoms with van der Waals surface area (Å²) in [6.07, 6.45) is 5.59. The van der Waals surface area contributed by atoms with Gasteiger partial charge in [-0.15, -0.1) is 0 Å². The molecule has 0 heterocycles. The van der Waals surface area contributed by atoms with Gasteiger partial charge in [0.05, 0.1) is 0 Å². The van der Waals surface area contributed by atoms with Crippen LogP contribution in [0.4, 0.5) is 8.78 Å². The first-order valence-electron chi connectivity index (χ1n) is 6.78. The molecule has 0 aromatic heterocycles. The van der Waals surface area contributed by atoms with Gasteiger partial charge in [-0.25, -0.2) is 8.78 Å². The van der Waals surface area contributed by atoms with E-state index >= 15 is 0 Å². The van der Waals surface area contributed by atoms with Crippen LogP contribution in [0.5, 0.6) is 0 Å². The molecule has 0 saturated heterocycles. The highest BCUT2D eigenvalue weighted by molar-refractivity contribution is 5.59. The summed E-state index contributed by atoms with van der Waals surface area (Å²) in [5, 5.41) is 3.95. The summed E-state index contributed by atoms with van der Waals surface area (Å²) in [7, 11) is 0. The molecule has 1 aromatic rings. The highest BCUT2D eigenvalue weighted by Crippen LogP contribution is 2.22. The normalized spacial score (nSPS) is 17.2. The van der Waals surface area contributed by atoms with Crippen molar-refractivity contribution in [2.45, 2.75) is 45.1 Å². The highest BCUT2D eigenvalue weighted by Gasteiger charge is 2.11. The van der Waals surface area contributed by atoms with E-state index in [4.69, 9.17) is 4.84 Å². The Bertz CT molecular complexity index is 414. The number of oxime groups is 1. The van der Waals surface area contributed by atoms with Crippen molar-refractivity contribution in [2.24, 2.45) is 11.1 Å². The minimum atomic E-state index is -2.44. The zero-order valence-corrected chi connectivity index (χ0v) is 10.9. The van der Waals surface area contributed by atoms with Crippen LogP contribution in [-0.2, 0) is 11.4 Å². The van der Waals surface area contributed by atoms with Crippen LogP contribution in [0.2, 0.25) is 0 Å². The summed E-state index contributed by atoms with van der Waals surface area (Å²) in [6.45, 7) is 0.240. The Kier molecular flexibility index (Phi) is 5.31. The molecule has 1 aliphatic carbocycles. The first-order valence-corrected chi connectivity index (χ1v) is 6.78. The number of nitrogens with zero attached hydrogens (tertiary/aromatic N) is 1. The molecule has 0 amide bonds. The number of hydrogen-bond acceptors (Lipinski definition) is 2. The zero-order valence-electron chi connectivity index (χ0n) is 10.9. The van der Waals surface area contributed by atoms with Crippen molar-refractivity contribution in [1.82, 2.24) is 0 Å². The molecule has 4 heteroatoms. The minimum absolute atomic E-state index is 0.0253. The highest BCUT2D eigenvalue weighted by atomic mass is 19.3. The van der Waals surface area contributed by atoms with E-state index in [-0.39, 0.29) is 12.2 Å². The van der Waals surface area contributed by atoms with Gasteiger partial charge in [0.1, 0.15) is 6.61 Å². The lowest BCUT2D eigenvalue weighted by Gasteiger charge is -2.16. The molecule has 1 aliphatic rings. The first kappa shape index (κ1) is 14.0. The van der Waals surface area contributed by atoms with E-state index in [0.29, 0.717) is 5.92 Å². The van der Waals surface area contributed by atoms with Crippen molar-refractivity contribution in [3.8, 4) is 0 Å². The van der Waals surface area contributed by atoms with E-state index in [9.17, 15) is 8.78 Å². The summed E-state index contributed by atoms with van der Waals surface area (Å²) < 4.78 is 25.0. The molecule has 0 spiro atoms. The van der Waals surface area contributed by atoms with Gasteiger partial charge in [0, 0.05) is 11.8 Å². The third-order valence-electron chi connectivity index (χ3n) is 3.43. The molecule has 104 valence electrons. The molecule has 2 rings (SSSR count). The lowest BCUT2D eigenvalue weighted by molar-refractivity contribution is 0.128. The predicted molar refractivity (Wildman–Crippen MR) is 71.3 cm³/mol. The van der Waals surface area contributed by atoms with Crippen LogP contribution in [0.3, 0.4) is 0 Å². The predicted octanol–water partition coefficient (Wildman–Crippen LogP) is 4.71. The van der Waals surface area contributed by atoms with Gasteiger partial charge in [0.2, 0.25) is 0 Å². The van der Waals surface area contributed by atoms with Crippen molar-refractivity contribution < 1.29 is 13.6 Å². The van der Waals surface area contributed by atoms with E-state index in [1.807, 2.05) is 6.21 Å². The maximum atomic E-state index is 12.5. The van der Waals surface area contributed by atoms with Crippen LogP contribution in [0.1, 0.15) is 49.7 Å². The lowest BCUT2D eigenvalue weighted by atomic mass is 9.90. The van der Waals surface area contributed by atoms with Gasteiger partial charge in [0.25, 0.3) is 6.43 Å². The summed E-state index contributed by atoms with van der Waals surface area (Å²) in [4.78, 5) is 5.18. The number of alkyl halides is 2. The van der Waals surface area contributed by atoms with Crippen LogP contribution in [-0.4, -0.2) is 6.21 Å². The maximum Gasteiger partial charge on any atom is 0.263 e. The van der Waals surface area contributed by atoms with Gasteiger partial charge in [-0.1, -0.05) is 42.6 Å². The fraction of sp³-hybridized carbons (Fsp3) is 0.533. The third-order valence-corrected chi connectivity index (χ3v) is 3.43. The quantitative estimate of drug-likeness (QED) is 0.559. The Morgan fingerprint density at radius 3 is 2.79 bits per heavy atom. The minimum Gasteiger partial charge on any atom is -0.391 e. The van der Waals surface area contributed by atoms with Gasteiger partial charge >= 0.3 is 0 Å². The van der Waals surface area contributed by atoms with E-state index in [2.05, 4.69) is 5.16 Å². The molecule has 0 radical (unpaired) electrons. The number of hydrogen-bond donors (Lipinski definition) is 0. The van der Waals surface area contributed by atoms with Gasteiger partial charge < -0.3 is 4.84 Å². The summed E-state index contributed by atoms with van der Waals surface area (Å²) >= 11 is 0. The molecule has 0 aliphatic heterocycles. The molecule has 19 heavy (non-hydrogen) atoms. The van der Waals surface area contributed by atoms with E-state index in [1.165, 1.54) is 44.2 Å². The largest absolute Gasteiger partial charge is 0.391 e. The second-order valence-corrected chi connectivity index (χ2v) is 4.97. The van der Waals surface area contributed by atoms with Crippen molar-refractivity contribution in [1.29, 1.82) is 0 Å². The topological polar surface area (TPSA) is 21.6 Å². The summed E-state index contributed by atoms with van der Waals surface area (Å²) in [6, 6.07) is 6.26. The SMILES string of the molecule is FC(F)c1cccc(CON=CC2CCCCC2)c1. The average molecular weight is 267 g/mol.